The summed E-state index contributed by atoms with van der Waals surface area (Å²) in [5.41, 5.74) is 16.9. The van der Waals surface area contributed by atoms with Crippen molar-refractivity contribution in [3.05, 3.63) is 34.5 Å². The first-order valence-corrected chi connectivity index (χ1v) is 8.15. The molecule has 1 aromatic heterocycles. The number of nitrogens with one attached hydrogen (secondary N) is 1. The van der Waals surface area contributed by atoms with Gasteiger partial charge in [-0.2, -0.15) is 11.3 Å². The standard InChI is InChI=1S/C16H23N3OS.2ClH/c1-2-20-7-3-6-19-9-12-10-21-11-15(12)14-8-13(17)4-5-16(14)18;;/h4-5,8,10-11,19H,2-3,6-7,9,17-18H2,1H3;2*1H. The summed E-state index contributed by atoms with van der Waals surface area (Å²) in [6, 6.07) is 5.63. The molecule has 0 aliphatic heterocycles. The zero-order valence-electron chi connectivity index (χ0n) is 13.2. The number of nitrogen functional groups attached to an aromatic ring is 2. The van der Waals surface area contributed by atoms with Gasteiger partial charge in [-0.05, 0) is 60.0 Å². The quantitative estimate of drug-likeness (QED) is 0.481. The molecule has 0 saturated heterocycles. The summed E-state index contributed by atoms with van der Waals surface area (Å²) in [6.07, 6.45) is 1.02. The maximum Gasteiger partial charge on any atom is 0.0477 e. The van der Waals surface area contributed by atoms with E-state index < -0.39 is 0 Å². The van der Waals surface area contributed by atoms with Gasteiger partial charge in [-0.15, -0.1) is 24.8 Å². The van der Waals surface area contributed by atoms with Gasteiger partial charge < -0.3 is 21.5 Å². The first-order valence-electron chi connectivity index (χ1n) is 7.21. The Morgan fingerprint density at radius 1 is 1.13 bits per heavy atom. The third-order valence-corrected chi connectivity index (χ3v) is 4.06. The normalized spacial score (nSPS) is 9.96. The van der Waals surface area contributed by atoms with Crippen molar-refractivity contribution in [1.29, 1.82) is 0 Å². The van der Waals surface area contributed by atoms with Crippen LogP contribution in [0.25, 0.3) is 11.1 Å². The molecule has 0 amide bonds. The van der Waals surface area contributed by atoms with E-state index in [-0.39, 0.29) is 24.8 Å². The van der Waals surface area contributed by atoms with Crippen LogP contribution < -0.4 is 16.8 Å². The Kier molecular flexibility index (Phi) is 11.0. The van der Waals surface area contributed by atoms with Gasteiger partial charge in [0.15, 0.2) is 0 Å². The molecular formula is C16H25Cl2N3OS. The lowest BCUT2D eigenvalue weighted by Gasteiger charge is -2.09. The van der Waals surface area contributed by atoms with E-state index in [4.69, 9.17) is 16.2 Å². The summed E-state index contributed by atoms with van der Waals surface area (Å²) >= 11 is 1.69. The Morgan fingerprint density at radius 3 is 2.65 bits per heavy atom. The number of nitrogens with two attached hydrogens (primary N) is 2. The second kappa shape index (κ2) is 11.5. The van der Waals surface area contributed by atoms with Gasteiger partial charge in [0.1, 0.15) is 0 Å². The first kappa shape index (κ1) is 22.0. The summed E-state index contributed by atoms with van der Waals surface area (Å²) in [5, 5.41) is 7.73. The van der Waals surface area contributed by atoms with Gasteiger partial charge in [0, 0.05) is 36.7 Å². The molecule has 4 nitrogen and oxygen atoms in total. The summed E-state index contributed by atoms with van der Waals surface area (Å²) in [4.78, 5) is 0. The van der Waals surface area contributed by atoms with Crippen molar-refractivity contribution in [2.75, 3.05) is 31.2 Å². The highest BCUT2D eigenvalue weighted by atomic mass is 35.5. The van der Waals surface area contributed by atoms with Crippen molar-refractivity contribution in [2.45, 2.75) is 19.9 Å². The third-order valence-electron chi connectivity index (χ3n) is 3.27. The number of thiophene rings is 1. The number of rotatable bonds is 8. The molecule has 0 unspecified atom stereocenters. The number of benzene rings is 1. The van der Waals surface area contributed by atoms with Crippen LogP contribution in [0.3, 0.4) is 0 Å². The largest absolute Gasteiger partial charge is 0.399 e. The molecule has 0 aliphatic rings. The molecule has 0 aliphatic carbocycles. The molecule has 5 N–H and O–H groups in total. The summed E-state index contributed by atoms with van der Waals surface area (Å²) in [7, 11) is 0. The van der Waals surface area contributed by atoms with E-state index in [1.165, 1.54) is 11.1 Å². The number of hydrogen-bond acceptors (Lipinski definition) is 5. The van der Waals surface area contributed by atoms with Crippen LogP contribution in [0.4, 0.5) is 11.4 Å². The van der Waals surface area contributed by atoms with Crippen LogP contribution in [0.15, 0.2) is 29.0 Å². The molecule has 0 fully saturated rings. The molecule has 0 spiro atoms. The van der Waals surface area contributed by atoms with Gasteiger partial charge in [-0.1, -0.05) is 0 Å². The molecule has 0 radical (unpaired) electrons. The maximum absolute atomic E-state index is 6.07. The SMILES string of the molecule is CCOCCCNCc1cscc1-c1cc(N)ccc1N.Cl.Cl. The molecule has 130 valence electrons. The van der Waals surface area contributed by atoms with Crippen molar-refractivity contribution < 1.29 is 4.74 Å². The van der Waals surface area contributed by atoms with Crippen molar-refractivity contribution >= 4 is 47.5 Å². The highest BCUT2D eigenvalue weighted by molar-refractivity contribution is 7.08. The smallest absolute Gasteiger partial charge is 0.0477 e. The van der Waals surface area contributed by atoms with E-state index in [1.54, 1.807) is 11.3 Å². The van der Waals surface area contributed by atoms with Crippen LogP contribution in [0.1, 0.15) is 18.9 Å². The highest BCUT2D eigenvalue weighted by Gasteiger charge is 2.09. The average Bonchev–Trinajstić information content (AvgIpc) is 2.93. The predicted molar refractivity (Wildman–Crippen MR) is 106 cm³/mol. The Morgan fingerprint density at radius 2 is 1.91 bits per heavy atom. The number of ether oxygens (including phenoxy) is 1. The van der Waals surface area contributed by atoms with Crippen LogP contribution in [0.2, 0.25) is 0 Å². The molecule has 2 rings (SSSR count). The molecule has 23 heavy (non-hydrogen) atoms. The van der Waals surface area contributed by atoms with Crippen LogP contribution >= 0.6 is 36.2 Å². The minimum Gasteiger partial charge on any atom is -0.399 e. The van der Waals surface area contributed by atoms with Gasteiger partial charge in [0.2, 0.25) is 0 Å². The van der Waals surface area contributed by atoms with E-state index in [0.29, 0.717) is 0 Å². The molecule has 1 aromatic carbocycles. The summed E-state index contributed by atoms with van der Waals surface area (Å²) in [5.74, 6) is 0. The van der Waals surface area contributed by atoms with Crippen LogP contribution in [0.5, 0.6) is 0 Å². The number of anilines is 2. The maximum atomic E-state index is 6.07. The fourth-order valence-corrected chi connectivity index (χ4v) is 3.03. The Labute approximate surface area is 154 Å². The van der Waals surface area contributed by atoms with Gasteiger partial charge in [-0.25, -0.2) is 0 Å². The predicted octanol–water partition coefficient (Wildman–Crippen LogP) is 3.94. The number of halogens is 2. The van der Waals surface area contributed by atoms with Crippen molar-refractivity contribution in [1.82, 2.24) is 5.32 Å². The Hall–Kier alpha value is -0.980. The highest BCUT2D eigenvalue weighted by Crippen LogP contribution is 2.33. The summed E-state index contributed by atoms with van der Waals surface area (Å²) in [6.45, 7) is 5.38. The molecule has 0 atom stereocenters. The van der Waals surface area contributed by atoms with Crippen LogP contribution in [-0.4, -0.2) is 19.8 Å². The van der Waals surface area contributed by atoms with Crippen molar-refractivity contribution in [3.8, 4) is 11.1 Å². The van der Waals surface area contributed by atoms with Gasteiger partial charge in [-0.3, -0.25) is 0 Å². The molecule has 2 aromatic rings. The lowest BCUT2D eigenvalue weighted by atomic mass is 10.0. The zero-order chi connectivity index (χ0) is 15.1. The topological polar surface area (TPSA) is 73.3 Å². The fourth-order valence-electron chi connectivity index (χ4n) is 2.17. The second-order valence-electron chi connectivity index (χ2n) is 4.88. The minimum atomic E-state index is 0. The van der Waals surface area contributed by atoms with E-state index in [0.717, 1.165) is 49.7 Å². The van der Waals surface area contributed by atoms with E-state index in [2.05, 4.69) is 16.1 Å². The van der Waals surface area contributed by atoms with Gasteiger partial charge in [0.05, 0.1) is 0 Å². The Balaban J connectivity index is 0.00000242. The molecule has 0 bridgehead atoms. The van der Waals surface area contributed by atoms with Crippen LogP contribution in [-0.2, 0) is 11.3 Å². The van der Waals surface area contributed by atoms with Crippen molar-refractivity contribution in [2.24, 2.45) is 0 Å². The zero-order valence-corrected chi connectivity index (χ0v) is 15.7. The van der Waals surface area contributed by atoms with E-state index >= 15 is 0 Å². The number of hydrogen-bond donors (Lipinski definition) is 3. The fraction of sp³-hybridized carbons (Fsp3) is 0.375. The first-order chi connectivity index (χ1) is 10.2. The monoisotopic (exact) mass is 377 g/mol. The third kappa shape index (κ3) is 6.57. The Bertz CT molecular complexity index is 578. The molecule has 0 saturated carbocycles. The molecular weight excluding hydrogens is 353 g/mol. The lowest BCUT2D eigenvalue weighted by molar-refractivity contribution is 0.144. The molecule has 7 heteroatoms. The van der Waals surface area contributed by atoms with Crippen LogP contribution in [0, 0.1) is 0 Å². The van der Waals surface area contributed by atoms with Gasteiger partial charge in [0.25, 0.3) is 0 Å². The van der Waals surface area contributed by atoms with Crippen molar-refractivity contribution in [3.63, 3.8) is 0 Å². The second-order valence-corrected chi connectivity index (χ2v) is 5.63. The van der Waals surface area contributed by atoms with E-state index in [9.17, 15) is 0 Å². The molecule has 1 heterocycles. The van der Waals surface area contributed by atoms with Gasteiger partial charge >= 0.3 is 0 Å². The average molecular weight is 378 g/mol. The summed E-state index contributed by atoms with van der Waals surface area (Å²) < 4.78 is 5.32. The minimum absolute atomic E-state index is 0. The van der Waals surface area contributed by atoms with E-state index in [1.807, 2.05) is 25.1 Å². The lowest BCUT2D eigenvalue weighted by Crippen LogP contribution is -2.16.